The van der Waals surface area contributed by atoms with E-state index >= 15 is 0 Å². The van der Waals surface area contributed by atoms with Crippen molar-refractivity contribution < 1.29 is 27.7 Å². The van der Waals surface area contributed by atoms with Crippen molar-refractivity contribution in [2.45, 2.75) is 13.2 Å². The summed E-state index contributed by atoms with van der Waals surface area (Å²) >= 11 is 0. The Bertz CT molecular complexity index is 390. The van der Waals surface area contributed by atoms with Crippen LogP contribution in [0.5, 0.6) is 17.2 Å². The van der Waals surface area contributed by atoms with Crippen LogP contribution in [0.15, 0.2) is 12.1 Å². The van der Waals surface area contributed by atoms with E-state index in [0.29, 0.717) is 19.7 Å². The van der Waals surface area contributed by atoms with Crippen LogP contribution < -0.4 is 19.5 Å². The van der Waals surface area contributed by atoms with Gasteiger partial charge in [-0.25, -0.2) is 0 Å². The number of benzene rings is 1. The third-order valence-corrected chi connectivity index (χ3v) is 2.54. The zero-order chi connectivity index (χ0) is 15.0. The predicted molar refractivity (Wildman–Crippen MR) is 69.8 cm³/mol. The maximum absolute atomic E-state index is 12.4. The van der Waals surface area contributed by atoms with Crippen molar-refractivity contribution >= 4 is 0 Å². The molecule has 0 spiro atoms. The fraction of sp³-hybridized carbons (Fsp3) is 0.538. The molecule has 1 rings (SSSR count). The summed E-state index contributed by atoms with van der Waals surface area (Å²) in [6.07, 6.45) is 0. The van der Waals surface area contributed by atoms with Crippen molar-refractivity contribution in [2.24, 2.45) is 0 Å². The molecule has 1 N–H and O–H groups in total. The van der Waals surface area contributed by atoms with Crippen LogP contribution in [0.1, 0.15) is 5.56 Å². The first-order valence-electron chi connectivity index (χ1n) is 6.01. The van der Waals surface area contributed by atoms with Gasteiger partial charge in [0.25, 0.3) is 0 Å². The van der Waals surface area contributed by atoms with Crippen LogP contribution >= 0.6 is 0 Å². The van der Waals surface area contributed by atoms with Gasteiger partial charge in [0.1, 0.15) is 0 Å². The lowest BCUT2D eigenvalue weighted by atomic mass is 10.2. The summed E-state index contributed by atoms with van der Waals surface area (Å²) in [7, 11) is 4.38. The third kappa shape index (κ3) is 4.82. The molecule has 114 valence electrons. The second-order valence-corrected chi connectivity index (χ2v) is 3.88. The van der Waals surface area contributed by atoms with Crippen LogP contribution in [0.4, 0.5) is 8.78 Å². The lowest BCUT2D eigenvalue weighted by molar-refractivity contribution is -0.0526. The molecule has 0 bridgehead atoms. The van der Waals surface area contributed by atoms with Crippen molar-refractivity contribution in [1.82, 2.24) is 5.32 Å². The minimum atomic E-state index is -2.94. The molecule has 1 aromatic rings. The highest BCUT2D eigenvalue weighted by Crippen LogP contribution is 2.39. The number of hydrogen-bond acceptors (Lipinski definition) is 5. The van der Waals surface area contributed by atoms with Gasteiger partial charge >= 0.3 is 6.61 Å². The van der Waals surface area contributed by atoms with Gasteiger partial charge < -0.3 is 24.3 Å². The molecule has 0 saturated carbocycles. The summed E-state index contributed by atoms with van der Waals surface area (Å²) in [5.74, 6) is 0.298. The van der Waals surface area contributed by atoms with E-state index in [0.717, 1.165) is 5.56 Å². The first kappa shape index (κ1) is 16.5. The van der Waals surface area contributed by atoms with Gasteiger partial charge in [0.15, 0.2) is 11.5 Å². The van der Waals surface area contributed by atoms with Gasteiger partial charge in [-0.1, -0.05) is 0 Å². The standard InChI is InChI=1S/C13H19F2NO4/c1-17-5-4-16-8-9-6-10(18-2)12(20-13(14)15)11(7-9)19-3/h6-7,13,16H,4-5,8H2,1-3H3. The molecule has 0 amide bonds. The number of hydrogen-bond donors (Lipinski definition) is 1. The fourth-order valence-electron chi connectivity index (χ4n) is 1.65. The van der Waals surface area contributed by atoms with Crippen LogP contribution in [0.3, 0.4) is 0 Å². The SMILES string of the molecule is COCCNCc1cc(OC)c(OC(F)F)c(OC)c1. The van der Waals surface area contributed by atoms with E-state index in [1.165, 1.54) is 14.2 Å². The van der Waals surface area contributed by atoms with Crippen molar-refractivity contribution in [2.75, 3.05) is 34.5 Å². The van der Waals surface area contributed by atoms with E-state index in [2.05, 4.69) is 10.1 Å². The Morgan fingerprint density at radius 1 is 1.10 bits per heavy atom. The van der Waals surface area contributed by atoms with Crippen LogP contribution in [-0.2, 0) is 11.3 Å². The highest BCUT2D eigenvalue weighted by Gasteiger charge is 2.17. The van der Waals surface area contributed by atoms with Gasteiger partial charge in [0, 0.05) is 20.2 Å². The summed E-state index contributed by atoms with van der Waals surface area (Å²) in [4.78, 5) is 0. The topological polar surface area (TPSA) is 49.0 Å². The molecule has 7 heteroatoms. The lowest BCUT2D eigenvalue weighted by Crippen LogP contribution is -2.18. The lowest BCUT2D eigenvalue weighted by Gasteiger charge is -2.15. The molecule has 0 aromatic heterocycles. The van der Waals surface area contributed by atoms with Crippen molar-refractivity contribution in [3.8, 4) is 17.2 Å². The zero-order valence-corrected chi connectivity index (χ0v) is 11.7. The molecule has 20 heavy (non-hydrogen) atoms. The second kappa shape index (κ2) is 8.55. The molecular formula is C13H19F2NO4. The quantitative estimate of drug-likeness (QED) is 0.706. The number of ether oxygens (including phenoxy) is 4. The first-order valence-corrected chi connectivity index (χ1v) is 6.01. The molecule has 0 radical (unpaired) electrons. The van der Waals surface area contributed by atoms with Gasteiger partial charge in [-0.15, -0.1) is 0 Å². The third-order valence-electron chi connectivity index (χ3n) is 2.54. The molecular weight excluding hydrogens is 272 g/mol. The number of methoxy groups -OCH3 is 3. The van der Waals surface area contributed by atoms with Crippen LogP contribution in [0, 0.1) is 0 Å². The van der Waals surface area contributed by atoms with E-state index in [4.69, 9.17) is 14.2 Å². The second-order valence-electron chi connectivity index (χ2n) is 3.88. The van der Waals surface area contributed by atoms with E-state index in [1.54, 1.807) is 19.2 Å². The minimum absolute atomic E-state index is 0.106. The monoisotopic (exact) mass is 291 g/mol. The number of rotatable bonds is 9. The average Bonchev–Trinajstić information content (AvgIpc) is 2.43. The van der Waals surface area contributed by atoms with Crippen molar-refractivity contribution in [3.63, 3.8) is 0 Å². The minimum Gasteiger partial charge on any atom is -0.493 e. The smallest absolute Gasteiger partial charge is 0.387 e. The summed E-state index contributed by atoms with van der Waals surface area (Å²) in [6, 6.07) is 3.25. The average molecular weight is 291 g/mol. The Labute approximate surface area is 116 Å². The molecule has 0 saturated heterocycles. The Kier molecular flexibility index (Phi) is 7.03. The molecule has 0 atom stereocenters. The van der Waals surface area contributed by atoms with Crippen LogP contribution in [0.25, 0.3) is 0 Å². The van der Waals surface area contributed by atoms with Gasteiger partial charge in [-0.3, -0.25) is 0 Å². The Morgan fingerprint density at radius 3 is 2.15 bits per heavy atom. The Morgan fingerprint density at radius 2 is 1.70 bits per heavy atom. The molecule has 0 aliphatic carbocycles. The molecule has 0 heterocycles. The molecule has 0 aliphatic rings. The summed E-state index contributed by atoms with van der Waals surface area (Å²) in [5.41, 5.74) is 0.830. The summed E-state index contributed by atoms with van der Waals surface area (Å²) < 4.78 is 44.2. The largest absolute Gasteiger partial charge is 0.493 e. The highest BCUT2D eigenvalue weighted by atomic mass is 19.3. The summed E-state index contributed by atoms with van der Waals surface area (Å²) in [5, 5.41) is 3.14. The van der Waals surface area contributed by atoms with Crippen molar-refractivity contribution in [1.29, 1.82) is 0 Å². The Hall–Kier alpha value is -1.60. The van der Waals surface area contributed by atoms with Gasteiger partial charge in [0.2, 0.25) is 5.75 Å². The normalized spacial score (nSPS) is 10.7. The van der Waals surface area contributed by atoms with E-state index < -0.39 is 6.61 Å². The van der Waals surface area contributed by atoms with Crippen LogP contribution in [-0.4, -0.2) is 41.1 Å². The Balaban J connectivity index is 2.88. The first-order chi connectivity index (χ1) is 9.62. The van der Waals surface area contributed by atoms with Gasteiger partial charge in [0.05, 0.1) is 20.8 Å². The predicted octanol–water partition coefficient (Wildman–Crippen LogP) is 2.04. The molecule has 0 unspecified atom stereocenters. The maximum Gasteiger partial charge on any atom is 0.387 e. The van der Waals surface area contributed by atoms with Gasteiger partial charge in [-0.2, -0.15) is 8.78 Å². The fourth-order valence-corrected chi connectivity index (χ4v) is 1.65. The zero-order valence-electron chi connectivity index (χ0n) is 11.7. The number of halogens is 2. The maximum atomic E-state index is 12.4. The van der Waals surface area contributed by atoms with Gasteiger partial charge in [-0.05, 0) is 17.7 Å². The van der Waals surface area contributed by atoms with E-state index in [-0.39, 0.29) is 17.2 Å². The summed E-state index contributed by atoms with van der Waals surface area (Å²) in [6.45, 7) is -1.15. The highest BCUT2D eigenvalue weighted by molar-refractivity contribution is 5.53. The number of nitrogens with one attached hydrogen (secondary N) is 1. The molecule has 5 nitrogen and oxygen atoms in total. The molecule has 0 aliphatic heterocycles. The van der Waals surface area contributed by atoms with E-state index in [9.17, 15) is 8.78 Å². The van der Waals surface area contributed by atoms with Crippen molar-refractivity contribution in [3.05, 3.63) is 17.7 Å². The molecule has 1 aromatic carbocycles. The number of alkyl halides is 2. The molecule has 0 fully saturated rings. The van der Waals surface area contributed by atoms with Crippen LogP contribution in [0.2, 0.25) is 0 Å². The van der Waals surface area contributed by atoms with E-state index in [1.807, 2.05) is 0 Å².